The molecule has 31 heavy (non-hydrogen) atoms. The normalized spacial score (nSPS) is 19.4. The molecule has 0 spiro atoms. The van der Waals surface area contributed by atoms with Crippen molar-refractivity contribution in [3.63, 3.8) is 0 Å². The minimum atomic E-state index is -0.921. The molecule has 1 aliphatic rings. The monoisotopic (exact) mass is 430 g/mol. The van der Waals surface area contributed by atoms with Crippen molar-refractivity contribution in [3.05, 3.63) is 64.5 Å². The summed E-state index contributed by atoms with van der Waals surface area (Å²) in [7, 11) is 0. The Morgan fingerprint density at radius 1 is 1.03 bits per heavy atom. The first kappa shape index (κ1) is 23.2. The zero-order valence-corrected chi connectivity index (χ0v) is 18.1. The van der Waals surface area contributed by atoms with E-state index in [-0.39, 0.29) is 24.2 Å². The highest BCUT2D eigenvalue weighted by Gasteiger charge is 2.26. The lowest BCUT2D eigenvalue weighted by Gasteiger charge is -2.26. The first-order valence-electron chi connectivity index (χ1n) is 11.0. The number of aliphatic hydroxyl groups is 1. The smallest absolute Gasteiger partial charge is 0.200 e. The highest BCUT2D eigenvalue weighted by Crippen LogP contribution is 2.38. The van der Waals surface area contributed by atoms with Gasteiger partial charge < -0.3 is 9.84 Å². The molecule has 0 amide bonds. The number of hydrogen-bond acceptors (Lipinski definition) is 2. The van der Waals surface area contributed by atoms with Crippen LogP contribution in [0.5, 0.6) is 5.75 Å². The molecule has 1 fully saturated rings. The van der Waals surface area contributed by atoms with Crippen LogP contribution in [0.2, 0.25) is 0 Å². The highest BCUT2D eigenvalue weighted by atomic mass is 19.2. The molecule has 1 aliphatic carbocycles. The highest BCUT2D eigenvalue weighted by molar-refractivity contribution is 5.38. The summed E-state index contributed by atoms with van der Waals surface area (Å²) in [5.41, 5.74) is 1.28. The Balaban J connectivity index is 1.62. The van der Waals surface area contributed by atoms with Gasteiger partial charge in [0.05, 0.1) is 12.7 Å². The molecule has 0 aliphatic heterocycles. The largest absolute Gasteiger partial charge is 0.491 e. The molecule has 2 nitrogen and oxygen atoms in total. The van der Waals surface area contributed by atoms with E-state index in [0.29, 0.717) is 23.1 Å². The van der Waals surface area contributed by atoms with Crippen LogP contribution < -0.4 is 4.74 Å². The van der Waals surface area contributed by atoms with Crippen LogP contribution in [0.4, 0.5) is 13.2 Å². The summed E-state index contributed by atoms with van der Waals surface area (Å²) < 4.78 is 48.0. The van der Waals surface area contributed by atoms with Crippen molar-refractivity contribution in [2.24, 2.45) is 5.92 Å². The predicted molar refractivity (Wildman–Crippen MR) is 115 cm³/mol. The zero-order valence-electron chi connectivity index (χ0n) is 18.1. The Bertz CT molecular complexity index is 953. The zero-order chi connectivity index (χ0) is 22.4. The summed E-state index contributed by atoms with van der Waals surface area (Å²) in [5, 5.41) is 9.99. The van der Waals surface area contributed by atoms with E-state index in [4.69, 9.17) is 4.74 Å². The lowest BCUT2D eigenvalue weighted by Crippen LogP contribution is -2.14. The van der Waals surface area contributed by atoms with E-state index < -0.39 is 23.6 Å². The molecular formula is C26H29F3O2. The quantitative estimate of drug-likeness (QED) is 0.519. The summed E-state index contributed by atoms with van der Waals surface area (Å²) in [6, 6.07) is 7.81. The molecule has 1 atom stereocenters. The van der Waals surface area contributed by atoms with Crippen molar-refractivity contribution in [2.75, 3.05) is 6.61 Å². The van der Waals surface area contributed by atoms with Crippen LogP contribution in [-0.4, -0.2) is 11.7 Å². The third-order valence-electron chi connectivity index (χ3n) is 5.89. The Morgan fingerprint density at radius 3 is 2.42 bits per heavy atom. The third kappa shape index (κ3) is 5.62. The average Bonchev–Trinajstić information content (AvgIpc) is 2.76. The van der Waals surface area contributed by atoms with Gasteiger partial charge >= 0.3 is 0 Å². The van der Waals surface area contributed by atoms with Gasteiger partial charge in [-0.2, -0.15) is 4.39 Å². The topological polar surface area (TPSA) is 29.5 Å². The van der Waals surface area contributed by atoms with Gasteiger partial charge in [0.2, 0.25) is 5.82 Å². The average molecular weight is 431 g/mol. The minimum absolute atomic E-state index is 0.0417. The number of benzene rings is 2. The van der Waals surface area contributed by atoms with Gasteiger partial charge in [-0.25, -0.2) is 8.78 Å². The molecule has 0 bridgehead atoms. The molecule has 3 rings (SSSR count). The Labute approximate surface area is 182 Å². The summed E-state index contributed by atoms with van der Waals surface area (Å²) >= 11 is 0. The lowest BCUT2D eigenvalue weighted by molar-refractivity contribution is 0.162. The van der Waals surface area contributed by atoms with Gasteiger partial charge in [0.25, 0.3) is 0 Å². The second-order valence-electron chi connectivity index (χ2n) is 8.07. The van der Waals surface area contributed by atoms with E-state index >= 15 is 0 Å². The summed E-state index contributed by atoms with van der Waals surface area (Å²) in [6.45, 7) is 3.95. The molecule has 1 saturated carbocycles. The molecule has 0 heterocycles. The van der Waals surface area contributed by atoms with E-state index in [9.17, 15) is 18.3 Å². The van der Waals surface area contributed by atoms with Crippen LogP contribution in [0.25, 0.3) is 0 Å². The van der Waals surface area contributed by atoms with Crippen LogP contribution in [0.15, 0.2) is 30.3 Å². The van der Waals surface area contributed by atoms with Gasteiger partial charge in [0, 0.05) is 17.0 Å². The maximum atomic E-state index is 14.5. The van der Waals surface area contributed by atoms with Gasteiger partial charge in [-0.3, -0.25) is 0 Å². The molecule has 0 saturated heterocycles. The van der Waals surface area contributed by atoms with Crippen LogP contribution in [0.3, 0.4) is 0 Å². The van der Waals surface area contributed by atoms with Gasteiger partial charge in [-0.15, -0.1) is 0 Å². The van der Waals surface area contributed by atoms with Gasteiger partial charge in [-0.1, -0.05) is 37.3 Å². The molecule has 5 heteroatoms. The van der Waals surface area contributed by atoms with Crippen LogP contribution in [0.1, 0.15) is 81.1 Å². The summed E-state index contributed by atoms with van der Waals surface area (Å²) in [6.07, 6.45) is 3.50. The second-order valence-corrected chi connectivity index (χ2v) is 8.07. The minimum Gasteiger partial charge on any atom is -0.491 e. The molecular weight excluding hydrogens is 401 g/mol. The van der Waals surface area contributed by atoms with Crippen molar-refractivity contribution in [2.45, 2.75) is 64.4 Å². The Hall–Kier alpha value is -2.45. The van der Waals surface area contributed by atoms with Crippen molar-refractivity contribution >= 4 is 0 Å². The third-order valence-corrected chi connectivity index (χ3v) is 5.89. The summed E-state index contributed by atoms with van der Waals surface area (Å²) in [5.74, 6) is 4.09. The predicted octanol–water partition coefficient (Wildman–Crippen LogP) is 6.66. The van der Waals surface area contributed by atoms with Gasteiger partial charge in [0.1, 0.15) is 5.82 Å². The molecule has 2 aromatic carbocycles. The fourth-order valence-electron chi connectivity index (χ4n) is 4.17. The maximum Gasteiger partial charge on any atom is 0.200 e. The molecule has 2 aromatic rings. The van der Waals surface area contributed by atoms with Crippen LogP contribution in [0, 0.1) is 35.2 Å². The Kier molecular flexibility index (Phi) is 8.03. The van der Waals surface area contributed by atoms with Crippen LogP contribution in [-0.2, 0) is 0 Å². The van der Waals surface area contributed by atoms with Gasteiger partial charge in [-0.05, 0) is 68.7 Å². The molecule has 0 aromatic heterocycles. The molecule has 1 unspecified atom stereocenters. The van der Waals surface area contributed by atoms with E-state index in [1.807, 2.05) is 6.92 Å². The molecule has 1 N–H and O–H groups in total. The fraction of sp³-hybridized carbons (Fsp3) is 0.462. The van der Waals surface area contributed by atoms with Crippen molar-refractivity contribution < 1.29 is 23.0 Å². The number of rotatable bonds is 6. The van der Waals surface area contributed by atoms with E-state index in [2.05, 4.69) is 11.8 Å². The number of aliphatic hydroxyl groups excluding tert-OH is 1. The SMILES string of the molecule is CCCC(O)c1ccc(C#CC2CCC(c3ccc(OCC)c(F)c3F)CC2)cc1F. The number of hydrogen-bond donors (Lipinski definition) is 1. The summed E-state index contributed by atoms with van der Waals surface area (Å²) in [4.78, 5) is 0. The van der Waals surface area contributed by atoms with E-state index in [1.54, 1.807) is 25.1 Å². The lowest BCUT2D eigenvalue weighted by atomic mass is 9.78. The van der Waals surface area contributed by atoms with E-state index in [0.717, 1.165) is 32.1 Å². The van der Waals surface area contributed by atoms with Crippen molar-refractivity contribution in [1.29, 1.82) is 0 Å². The van der Waals surface area contributed by atoms with Crippen molar-refractivity contribution in [1.82, 2.24) is 0 Å². The molecule has 166 valence electrons. The second kappa shape index (κ2) is 10.7. The number of ether oxygens (including phenoxy) is 1. The Morgan fingerprint density at radius 2 is 1.77 bits per heavy atom. The molecule has 0 radical (unpaired) electrons. The maximum absolute atomic E-state index is 14.5. The van der Waals surface area contributed by atoms with Crippen molar-refractivity contribution in [3.8, 4) is 17.6 Å². The number of halogens is 3. The van der Waals surface area contributed by atoms with Gasteiger partial charge in [0.15, 0.2) is 11.6 Å². The first-order chi connectivity index (χ1) is 14.9. The fourth-order valence-corrected chi connectivity index (χ4v) is 4.17. The first-order valence-corrected chi connectivity index (χ1v) is 11.0. The van der Waals surface area contributed by atoms with E-state index in [1.165, 1.54) is 12.1 Å². The van der Waals surface area contributed by atoms with Crippen LogP contribution >= 0.6 is 0 Å². The standard InChI is InChI=1S/C26H29F3O2/c1-3-5-23(30)21-13-10-18(16-22(21)27)7-6-17-8-11-19(12-9-17)20-14-15-24(31-4-2)26(29)25(20)28/h10,13-17,19,23,30H,3-5,8-9,11-12H2,1-2H3.